The molecule has 1 radical (unpaired) electrons. The van der Waals surface area contributed by atoms with Crippen molar-refractivity contribution in [3.05, 3.63) is 16.6 Å². The zero-order chi connectivity index (χ0) is 6.53. The molecule has 9 heavy (non-hydrogen) atoms. The second-order valence-electron chi connectivity index (χ2n) is 1.30. The molecule has 0 aromatic carbocycles. The number of rotatable bonds is 3. The van der Waals surface area contributed by atoms with Crippen molar-refractivity contribution in [2.75, 3.05) is 0 Å². The van der Waals surface area contributed by atoms with Gasteiger partial charge in [0.25, 0.3) is 0 Å². The Bertz CT molecular complexity index is 173. The van der Waals surface area contributed by atoms with Crippen LogP contribution < -0.4 is 0 Å². The van der Waals surface area contributed by atoms with E-state index in [1.165, 1.54) is 17.8 Å². The van der Waals surface area contributed by atoms with Crippen LogP contribution in [0.15, 0.2) is 11.6 Å². The van der Waals surface area contributed by atoms with E-state index in [1.54, 1.807) is 6.20 Å². The molecule has 0 spiro atoms. The summed E-state index contributed by atoms with van der Waals surface area (Å²) in [5.41, 5.74) is 0. The highest BCUT2D eigenvalue weighted by molar-refractivity contribution is 7.09. The quantitative estimate of drug-likeness (QED) is 0.624. The van der Waals surface area contributed by atoms with E-state index >= 15 is 0 Å². The zero-order valence-electron chi connectivity index (χ0n) is 4.53. The van der Waals surface area contributed by atoms with Crippen molar-refractivity contribution >= 4 is 17.8 Å². The number of hydrogen-bond donors (Lipinski definition) is 0. The van der Waals surface area contributed by atoms with Gasteiger partial charge in [-0.25, -0.2) is 9.78 Å². The fourth-order valence-corrected chi connectivity index (χ4v) is 0.943. The van der Waals surface area contributed by atoms with Crippen LogP contribution >= 0.6 is 11.3 Å². The van der Waals surface area contributed by atoms with Gasteiger partial charge in [-0.05, 0) is 0 Å². The monoisotopic (exact) mass is 142 g/mol. The third-order valence-electron chi connectivity index (χ3n) is 0.738. The van der Waals surface area contributed by atoms with Crippen LogP contribution in [-0.4, -0.2) is 11.5 Å². The highest BCUT2D eigenvalue weighted by Gasteiger charge is 1.92. The molecule has 0 bridgehead atoms. The van der Waals surface area contributed by atoms with E-state index in [1.807, 2.05) is 5.38 Å². The molecule has 0 unspecified atom stereocenters. The summed E-state index contributed by atoms with van der Waals surface area (Å²) in [6.45, 7) is 1.56. The molecule has 4 heteroatoms. The minimum atomic E-state index is 0.237. The summed E-state index contributed by atoms with van der Waals surface area (Å²) in [6, 6.07) is 0. The first kappa shape index (κ1) is 6.22. The molecule has 0 saturated heterocycles. The Hall–Kier alpha value is -0.900. The Balaban J connectivity index is 2.38. The van der Waals surface area contributed by atoms with Crippen molar-refractivity contribution in [2.45, 2.75) is 6.61 Å². The molecule has 1 heterocycles. The third-order valence-corrected chi connectivity index (χ3v) is 1.49. The van der Waals surface area contributed by atoms with Gasteiger partial charge in [0.2, 0.25) is 0 Å². The van der Waals surface area contributed by atoms with Gasteiger partial charge in [0, 0.05) is 11.6 Å². The highest BCUT2D eigenvalue weighted by Crippen LogP contribution is 2.03. The van der Waals surface area contributed by atoms with E-state index < -0.39 is 0 Å². The average molecular weight is 142 g/mol. The van der Waals surface area contributed by atoms with Gasteiger partial charge in [0.15, 0.2) is 0 Å². The first-order valence-corrected chi connectivity index (χ1v) is 3.19. The lowest BCUT2D eigenvalue weighted by Gasteiger charge is -1.87. The van der Waals surface area contributed by atoms with Crippen LogP contribution in [0.5, 0.6) is 0 Å². The van der Waals surface area contributed by atoms with Crippen LogP contribution in [0.3, 0.4) is 0 Å². The smallest absolute Gasteiger partial charge is 0.417 e. The van der Waals surface area contributed by atoms with Gasteiger partial charge in [-0.3, -0.25) is 0 Å². The molecule has 3 nitrogen and oxygen atoms in total. The Labute approximate surface area is 56.3 Å². The average Bonchev–Trinajstić information content (AvgIpc) is 2.34. The normalized spacial score (nSPS) is 8.89. The third kappa shape index (κ3) is 1.81. The Morgan fingerprint density at radius 2 is 2.78 bits per heavy atom. The molecule has 0 atom stereocenters. The minimum Gasteiger partial charge on any atom is -0.450 e. The molecule has 1 aromatic heterocycles. The lowest BCUT2D eigenvalue weighted by Crippen LogP contribution is -1.87. The Morgan fingerprint density at radius 1 is 1.89 bits per heavy atom. The molecule has 0 amide bonds. The zero-order valence-corrected chi connectivity index (χ0v) is 5.35. The predicted molar refractivity (Wildman–Crippen MR) is 32.6 cm³/mol. The van der Waals surface area contributed by atoms with Crippen LogP contribution in [0, 0.1) is 0 Å². The number of nitrogens with zero attached hydrogens (tertiary/aromatic N) is 1. The predicted octanol–water partition coefficient (Wildman–Crippen LogP) is 0.727. The van der Waals surface area contributed by atoms with Gasteiger partial charge < -0.3 is 4.74 Å². The van der Waals surface area contributed by atoms with Crippen molar-refractivity contribution in [3.63, 3.8) is 0 Å². The van der Waals surface area contributed by atoms with Gasteiger partial charge in [0.05, 0.1) is 0 Å². The molecular formula is C5H4NO2S. The van der Waals surface area contributed by atoms with Crippen LogP contribution in [0.25, 0.3) is 0 Å². The van der Waals surface area contributed by atoms with Gasteiger partial charge in [-0.1, -0.05) is 0 Å². The standard InChI is InChI=1S/C5H4NO2S/c7-4-8-3-5-6-1-2-9-5/h1-2H,3H2. The van der Waals surface area contributed by atoms with Crippen LogP contribution in [-0.2, 0) is 16.1 Å². The maximum Gasteiger partial charge on any atom is 0.417 e. The number of hydrogen-bond acceptors (Lipinski definition) is 4. The second-order valence-corrected chi connectivity index (χ2v) is 2.28. The van der Waals surface area contributed by atoms with Crippen molar-refractivity contribution in [1.29, 1.82) is 0 Å². The Kier molecular flexibility index (Phi) is 2.21. The summed E-state index contributed by atoms with van der Waals surface area (Å²) in [7, 11) is 0. The van der Waals surface area contributed by atoms with E-state index in [0.717, 1.165) is 5.01 Å². The van der Waals surface area contributed by atoms with Crippen molar-refractivity contribution in [1.82, 2.24) is 4.98 Å². The van der Waals surface area contributed by atoms with Gasteiger partial charge in [-0.2, -0.15) is 0 Å². The molecule has 1 rings (SSSR count). The molecule has 0 aliphatic carbocycles. The molecule has 47 valence electrons. The molecule has 1 aromatic rings. The molecule has 0 N–H and O–H groups in total. The number of ether oxygens (including phenoxy) is 1. The fourth-order valence-electron chi connectivity index (χ4n) is 0.415. The fraction of sp³-hybridized carbons (Fsp3) is 0.200. The van der Waals surface area contributed by atoms with E-state index in [-0.39, 0.29) is 6.61 Å². The van der Waals surface area contributed by atoms with E-state index in [0.29, 0.717) is 0 Å². The van der Waals surface area contributed by atoms with Crippen LogP contribution in [0.1, 0.15) is 5.01 Å². The van der Waals surface area contributed by atoms with Crippen molar-refractivity contribution < 1.29 is 9.53 Å². The van der Waals surface area contributed by atoms with E-state index in [9.17, 15) is 4.79 Å². The summed E-state index contributed by atoms with van der Waals surface area (Å²) in [4.78, 5) is 13.4. The molecule has 0 aliphatic rings. The van der Waals surface area contributed by atoms with Gasteiger partial charge in [0.1, 0.15) is 11.6 Å². The summed E-state index contributed by atoms with van der Waals surface area (Å²) < 4.78 is 4.32. The molecule has 0 fully saturated rings. The van der Waals surface area contributed by atoms with Gasteiger partial charge in [-0.15, -0.1) is 11.3 Å². The molecule has 0 aliphatic heterocycles. The maximum atomic E-state index is 9.53. The van der Waals surface area contributed by atoms with E-state index in [2.05, 4.69) is 9.72 Å². The van der Waals surface area contributed by atoms with Crippen molar-refractivity contribution in [3.8, 4) is 0 Å². The summed E-state index contributed by atoms with van der Waals surface area (Å²) in [5.74, 6) is 0. The topological polar surface area (TPSA) is 39.2 Å². The molecule has 0 saturated carbocycles. The van der Waals surface area contributed by atoms with E-state index in [4.69, 9.17) is 0 Å². The largest absolute Gasteiger partial charge is 0.450 e. The van der Waals surface area contributed by atoms with Crippen LogP contribution in [0.4, 0.5) is 0 Å². The number of thiazole rings is 1. The first-order chi connectivity index (χ1) is 4.43. The lowest BCUT2D eigenvalue weighted by atomic mass is 10.7. The first-order valence-electron chi connectivity index (χ1n) is 2.31. The lowest BCUT2D eigenvalue weighted by molar-refractivity contribution is 0.266. The van der Waals surface area contributed by atoms with Crippen molar-refractivity contribution in [2.24, 2.45) is 0 Å². The minimum absolute atomic E-state index is 0.237. The summed E-state index contributed by atoms with van der Waals surface area (Å²) >= 11 is 1.45. The highest BCUT2D eigenvalue weighted by atomic mass is 32.1. The summed E-state index contributed by atoms with van der Waals surface area (Å²) in [6.07, 6.45) is 1.66. The number of carbonyl (C=O) groups excluding carboxylic acids is 1. The van der Waals surface area contributed by atoms with Gasteiger partial charge >= 0.3 is 6.47 Å². The number of aromatic nitrogens is 1. The SMILES string of the molecule is O=[C]OCc1nccs1. The van der Waals surface area contributed by atoms with Crippen LogP contribution in [0.2, 0.25) is 0 Å². The second kappa shape index (κ2) is 3.19. The summed E-state index contributed by atoms with van der Waals surface area (Å²) in [5, 5.41) is 2.61. The Morgan fingerprint density at radius 3 is 3.33 bits per heavy atom. The maximum absolute atomic E-state index is 9.53. The molecular weight excluding hydrogens is 138 g/mol.